The van der Waals surface area contributed by atoms with Gasteiger partial charge in [-0.3, -0.25) is 14.5 Å². The Morgan fingerprint density at radius 2 is 1.85 bits per heavy atom. The Hall–Kier alpha value is -3.16. The number of nitrogens with zero attached hydrogens (tertiary/aromatic N) is 2. The van der Waals surface area contributed by atoms with Crippen molar-refractivity contribution >= 4 is 51.7 Å². The van der Waals surface area contributed by atoms with Crippen LogP contribution < -0.4 is 5.32 Å². The van der Waals surface area contributed by atoms with Crippen LogP contribution in [0.5, 0.6) is 0 Å². The lowest BCUT2D eigenvalue weighted by Gasteiger charge is -2.32. The molecule has 0 saturated carbocycles. The zero-order valence-corrected chi connectivity index (χ0v) is 19.2. The van der Waals surface area contributed by atoms with Crippen LogP contribution in [0.25, 0.3) is 0 Å². The van der Waals surface area contributed by atoms with Gasteiger partial charge in [-0.1, -0.05) is 59.8 Å². The quantitative estimate of drug-likeness (QED) is 0.492. The molecule has 1 N–H and O–H groups in total. The number of halogens is 2. The van der Waals surface area contributed by atoms with E-state index in [1.54, 1.807) is 41.3 Å². The molecule has 168 valence electrons. The van der Waals surface area contributed by atoms with Gasteiger partial charge in [0.25, 0.3) is 0 Å². The number of rotatable bonds is 6. The highest BCUT2D eigenvalue weighted by molar-refractivity contribution is 8.15. The van der Waals surface area contributed by atoms with Crippen molar-refractivity contribution in [2.45, 2.75) is 18.1 Å². The predicted molar refractivity (Wildman–Crippen MR) is 131 cm³/mol. The Kier molecular flexibility index (Phi) is 7.42. The first-order valence-corrected chi connectivity index (χ1v) is 11.7. The number of amidine groups is 1. The summed E-state index contributed by atoms with van der Waals surface area (Å²) >= 11 is 7.23. The molecule has 0 radical (unpaired) electrons. The Labute approximate surface area is 200 Å². The van der Waals surface area contributed by atoms with Crippen LogP contribution in [0.2, 0.25) is 5.02 Å². The van der Waals surface area contributed by atoms with E-state index in [1.165, 1.54) is 23.9 Å². The average molecular weight is 482 g/mol. The lowest BCUT2D eigenvalue weighted by atomic mass is 10.1. The molecule has 1 aliphatic heterocycles. The van der Waals surface area contributed by atoms with Gasteiger partial charge in [0.05, 0.1) is 5.69 Å². The van der Waals surface area contributed by atoms with Gasteiger partial charge < -0.3 is 5.32 Å². The van der Waals surface area contributed by atoms with Gasteiger partial charge >= 0.3 is 0 Å². The van der Waals surface area contributed by atoms with Gasteiger partial charge in [-0.05, 0) is 54.4 Å². The summed E-state index contributed by atoms with van der Waals surface area (Å²) in [5.74, 6) is -0.854. The van der Waals surface area contributed by atoms with Crippen LogP contribution >= 0.6 is 23.4 Å². The molecule has 3 aromatic carbocycles. The number of hydrogen-bond acceptors (Lipinski definition) is 4. The summed E-state index contributed by atoms with van der Waals surface area (Å²) < 4.78 is 13.3. The number of hydrogen-bond donors (Lipinski definition) is 1. The largest absolute Gasteiger partial charge is 0.325 e. The molecule has 1 saturated heterocycles. The van der Waals surface area contributed by atoms with E-state index in [-0.39, 0.29) is 24.1 Å². The number of aliphatic imine (C=N–C) groups is 1. The number of amides is 2. The molecule has 33 heavy (non-hydrogen) atoms. The fraction of sp³-hybridized carbons (Fsp3) is 0.160. The van der Waals surface area contributed by atoms with Crippen molar-refractivity contribution in [3.8, 4) is 0 Å². The van der Waals surface area contributed by atoms with Gasteiger partial charge in [0.15, 0.2) is 5.17 Å². The average Bonchev–Trinajstić information content (AvgIpc) is 2.80. The van der Waals surface area contributed by atoms with Crippen molar-refractivity contribution < 1.29 is 14.0 Å². The molecule has 4 rings (SSSR count). The van der Waals surface area contributed by atoms with Gasteiger partial charge in [-0.15, -0.1) is 0 Å². The van der Waals surface area contributed by atoms with Crippen molar-refractivity contribution in [2.24, 2.45) is 4.99 Å². The first-order chi connectivity index (χ1) is 16.0. The standard InChI is InChI=1S/C25H21ClFN3O2S/c26-18-7-4-8-21(15-18)28-24(32)22-16-23(31)30(14-13-17-5-2-1-3-6-17)25(33-22)29-20-11-9-19(27)10-12-20/h1-12,15,22H,13-14,16H2,(H,28,32). The Morgan fingerprint density at radius 3 is 2.58 bits per heavy atom. The molecular weight excluding hydrogens is 461 g/mol. The van der Waals surface area contributed by atoms with E-state index >= 15 is 0 Å². The van der Waals surface area contributed by atoms with E-state index in [9.17, 15) is 14.0 Å². The maximum Gasteiger partial charge on any atom is 0.238 e. The molecule has 0 aromatic heterocycles. The molecule has 1 atom stereocenters. The van der Waals surface area contributed by atoms with Crippen LogP contribution in [0.1, 0.15) is 12.0 Å². The molecule has 0 aliphatic carbocycles. The lowest BCUT2D eigenvalue weighted by molar-refractivity contribution is -0.129. The first kappa shape index (κ1) is 23.0. The molecule has 2 amide bonds. The van der Waals surface area contributed by atoms with Crippen LogP contribution in [0.4, 0.5) is 15.8 Å². The summed E-state index contributed by atoms with van der Waals surface area (Å²) in [4.78, 5) is 32.1. The van der Waals surface area contributed by atoms with Crippen molar-refractivity contribution in [3.63, 3.8) is 0 Å². The summed E-state index contributed by atoms with van der Waals surface area (Å²) in [7, 11) is 0. The molecule has 1 fully saturated rings. The second kappa shape index (κ2) is 10.6. The summed E-state index contributed by atoms with van der Waals surface area (Å²) in [5.41, 5.74) is 2.16. The molecule has 0 bridgehead atoms. The minimum Gasteiger partial charge on any atom is -0.325 e. The van der Waals surface area contributed by atoms with E-state index in [1.807, 2.05) is 30.3 Å². The van der Waals surface area contributed by atoms with Crippen LogP contribution in [-0.2, 0) is 16.0 Å². The molecule has 1 unspecified atom stereocenters. The van der Waals surface area contributed by atoms with Crippen LogP contribution in [0.15, 0.2) is 83.9 Å². The molecule has 8 heteroatoms. The number of anilines is 1. The summed E-state index contributed by atoms with van der Waals surface area (Å²) in [5, 5.41) is 3.09. The maximum absolute atomic E-state index is 13.3. The summed E-state index contributed by atoms with van der Waals surface area (Å²) in [6, 6.07) is 22.4. The third kappa shape index (κ3) is 6.21. The summed E-state index contributed by atoms with van der Waals surface area (Å²) in [6.07, 6.45) is 0.698. The number of benzene rings is 3. The fourth-order valence-corrected chi connectivity index (χ4v) is 4.68. The second-order valence-corrected chi connectivity index (χ2v) is 9.07. The zero-order chi connectivity index (χ0) is 23.2. The SMILES string of the molecule is O=C(Nc1cccc(Cl)c1)C1CC(=O)N(CCc2ccccc2)C(=Nc2ccc(F)cc2)S1. The molecule has 1 heterocycles. The number of thioether (sulfide) groups is 1. The van der Waals surface area contributed by atoms with E-state index in [4.69, 9.17) is 11.6 Å². The normalized spacial score (nSPS) is 17.3. The first-order valence-electron chi connectivity index (χ1n) is 10.4. The second-order valence-electron chi connectivity index (χ2n) is 7.46. The fourth-order valence-electron chi connectivity index (χ4n) is 3.36. The maximum atomic E-state index is 13.3. The van der Waals surface area contributed by atoms with Gasteiger partial charge in [-0.2, -0.15) is 0 Å². The monoisotopic (exact) mass is 481 g/mol. The lowest BCUT2D eigenvalue weighted by Crippen LogP contribution is -2.46. The minimum absolute atomic E-state index is 0.0499. The zero-order valence-electron chi connectivity index (χ0n) is 17.6. The Bertz CT molecular complexity index is 1170. The van der Waals surface area contributed by atoms with Crippen molar-refractivity contribution in [2.75, 3.05) is 11.9 Å². The van der Waals surface area contributed by atoms with E-state index in [0.29, 0.717) is 34.5 Å². The van der Waals surface area contributed by atoms with Crippen molar-refractivity contribution in [1.82, 2.24) is 4.90 Å². The molecule has 5 nitrogen and oxygen atoms in total. The highest BCUT2D eigenvalue weighted by Crippen LogP contribution is 2.30. The van der Waals surface area contributed by atoms with Crippen LogP contribution in [0.3, 0.4) is 0 Å². The third-order valence-electron chi connectivity index (χ3n) is 5.04. The van der Waals surface area contributed by atoms with Crippen molar-refractivity contribution in [1.29, 1.82) is 0 Å². The molecule has 3 aromatic rings. The smallest absolute Gasteiger partial charge is 0.238 e. The Balaban J connectivity index is 1.55. The highest BCUT2D eigenvalue weighted by atomic mass is 35.5. The molecule has 1 aliphatic rings. The molecular formula is C25H21ClFN3O2S. The van der Waals surface area contributed by atoms with Gasteiger partial charge in [-0.25, -0.2) is 9.38 Å². The van der Waals surface area contributed by atoms with E-state index in [0.717, 1.165) is 5.56 Å². The van der Waals surface area contributed by atoms with Gasteiger partial charge in [0.1, 0.15) is 11.1 Å². The highest BCUT2D eigenvalue weighted by Gasteiger charge is 2.35. The predicted octanol–water partition coefficient (Wildman–Crippen LogP) is 5.68. The van der Waals surface area contributed by atoms with Gasteiger partial charge in [0, 0.05) is 23.7 Å². The van der Waals surface area contributed by atoms with E-state index in [2.05, 4.69) is 10.3 Å². The third-order valence-corrected chi connectivity index (χ3v) is 6.47. The van der Waals surface area contributed by atoms with Crippen LogP contribution in [0, 0.1) is 5.82 Å². The Morgan fingerprint density at radius 1 is 1.09 bits per heavy atom. The van der Waals surface area contributed by atoms with Crippen molar-refractivity contribution in [3.05, 3.63) is 95.3 Å². The number of carbonyl (C=O) groups excluding carboxylic acids is 2. The molecule has 0 spiro atoms. The van der Waals surface area contributed by atoms with Crippen LogP contribution in [-0.4, -0.2) is 33.7 Å². The minimum atomic E-state index is -0.649. The number of nitrogens with one attached hydrogen (secondary N) is 1. The number of carbonyl (C=O) groups is 2. The topological polar surface area (TPSA) is 61.8 Å². The van der Waals surface area contributed by atoms with E-state index < -0.39 is 5.25 Å². The van der Waals surface area contributed by atoms with Gasteiger partial charge in [0.2, 0.25) is 11.8 Å². The summed E-state index contributed by atoms with van der Waals surface area (Å²) in [6.45, 7) is 0.429.